The topological polar surface area (TPSA) is 72.8 Å². The molecule has 5 rings (SSSR count). The van der Waals surface area contributed by atoms with Crippen molar-refractivity contribution in [3.8, 4) is 5.75 Å². The Morgan fingerprint density at radius 2 is 1.64 bits per heavy atom. The number of hydrogen-bond donors (Lipinski definition) is 1. The Morgan fingerprint density at radius 1 is 0.972 bits per heavy atom. The van der Waals surface area contributed by atoms with E-state index in [0.717, 1.165) is 55.8 Å². The maximum Gasteiger partial charge on any atom is 0.378 e. The molecule has 1 aromatic rings. The molecule has 5 nitrogen and oxygen atoms in total. The summed E-state index contributed by atoms with van der Waals surface area (Å²) >= 11 is 0. The van der Waals surface area contributed by atoms with Crippen LogP contribution in [-0.2, 0) is 9.53 Å². The smallest absolute Gasteiger partial charge is 0.378 e. The number of aliphatic carboxylic acids is 1. The van der Waals surface area contributed by atoms with Crippen molar-refractivity contribution >= 4 is 11.9 Å². The van der Waals surface area contributed by atoms with Gasteiger partial charge in [-0.2, -0.15) is 8.78 Å². The van der Waals surface area contributed by atoms with Gasteiger partial charge in [-0.25, -0.2) is 9.59 Å². The van der Waals surface area contributed by atoms with E-state index in [0.29, 0.717) is 24.0 Å². The Bertz CT molecular complexity index is 970. The van der Waals surface area contributed by atoms with Crippen LogP contribution < -0.4 is 4.74 Å². The predicted molar refractivity (Wildman–Crippen MR) is 130 cm³/mol. The quantitative estimate of drug-likeness (QED) is 0.397. The van der Waals surface area contributed by atoms with Crippen molar-refractivity contribution < 1.29 is 33.0 Å². The summed E-state index contributed by atoms with van der Waals surface area (Å²) in [4.78, 5) is 24.0. The molecule has 4 fully saturated rings. The number of ether oxygens (including phenoxy) is 2. The molecule has 1 aromatic carbocycles. The molecule has 5 unspecified atom stereocenters. The van der Waals surface area contributed by atoms with Gasteiger partial charge in [-0.05, 0) is 98.3 Å². The van der Waals surface area contributed by atoms with Gasteiger partial charge < -0.3 is 14.6 Å². The normalized spacial score (nSPS) is 32.9. The van der Waals surface area contributed by atoms with Crippen molar-refractivity contribution in [3.05, 3.63) is 29.8 Å². The molecule has 0 heterocycles. The molecule has 4 aliphatic rings. The molecule has 6 atom stereocenters. The highest BCUT2D eigenvalue weighted by Crippen LogP contribution is 2.70. The third-order valence-corrected chi connectivity index (χ3v) is 9.87. The molecule has 0 radical (unpaired) electrons. The number of carboxylic acids is 1. The lowest BCUT2D eigenvalue weighted by Crippen LogP contribution is -2.48. The number of hydrogen-bond acceptors (Lipinski definition) is 4. The number of carboxylic acid groups (broad SMARTS) is 1. The van der Waals surface area contributed by atoms with Crippen LogP contribution >= 0.6 is 0 Å². The third-order valence-electron chi connectivity index (χ3n) is 9.87. The number of alkyl halides is 2. The zero-order valence-electron chi connectivity index (χ0n) is 21.3. The number of carbonyl (C=O) groups excluding carboxylic acids is 1. The van der Waals surface area contributed by atoms with Gasteiger partial charge in [0.05, 0.1) is 11.7 Å². The Hall–Kier alpha value is -2.18. The first-order valence-electron chi connectivity index (χ1n) is 13.7. The van der Waals surface area contributed by atoms with Crippen molar-refractivity contribution in [2.45, 2.75) is 96.2 Å². The predicted octanol–water partition coefficient (Wildman–Crippen LogP) is 6.74. The summed E-state index contributed by atoms with van der Waals surface area (Å²) < 4.78 is 40.5. The van der Waals surface area contributed by atoms with E-state index in [1.807, 2.05) is 0 Å². The summed E-state index contributed by atoms with van der Waals surface area (Å²) in [6.07, 6.45) is 7.54. The molecule has 0 saturated heterocycles. The fraction of sp³-hybridized carbons (Fsp3) is 0.724. The summed E-state index contributed by atoms with van der Waals surface area (Å²) in [5.41, 5.74) is 0.567. The number of halogens is 2. The van der Waals surface area contributed by atoms with Gasteiger partial charge in [0.2, 0.25) is 0 Å². The van der Waals surface area contributed by atoms with Gasteiger partial charge in [0.1, 0.15) is 5.75 Å². The van der Waals surface area contributed by atoms with Crippen molar-refractivity contribution in [2.24, 2.45) is 35.0 Å². The molecule has 0 aromatic heterocycles. The summed E-state index contributed by atoms with van der Waals surface area (Å²) in [6, 6.07) is 6.40. The number of benzene rings is 1. The molecule has 1 N–H and O–H groups in total. The molecule has 4 aliphatic carbocycles. The average Bonchev–Trinajstić information content (AvgIpc) is 3.29. The van der Waals surface area contributed by atoms with Crippen LogP contribution in [0, 0.1) is 35.0 Å². The van der Waals surface area contributed by atoms with Crippen molar-refractivity contribution in [2.75, 3.05) is 0 Å². The van der Waals surface area contributed by atoms with Crippen LogP contribution in [0.1, 0.15) is 88.4 Å². The van der Waals surface area contributed by atoms with Crippen molar-refractivity contribution in [3.63, 3.8) is 0 Å². The Morgan fingerprint density at radius 3 is 2.28 bits per heavy atom. The summed E-state index contributed by atoms with van der Waals surface area (Å²) in [7, 11) is 0. The molecule has 0 aliphatic heterocycles. The van der Waals surface area contributed by atoms with Gasteiger partial charge in [0.15, 0.2) is 6.10 Å². The van der Waals surface area contributed by atoms with Crippen LogP contribution in [0.2, 0.25) is 0 Å². The molecule has 4 saturated carbocycles. The van der Waals surface area contributed by atoms with Crippen LogP contribution in [-0.4, -0.2) is 35.2 Å². The molecule has 0 amide bonds. The number of rotatable bonds is 8. The fourth-order valence-corrected chi connectivity index (χ4v) is 7.83. The van der Waals surface area contributed by atoms with Gasteiger partial charge >= 0.3 is 17.9 Å². The van der Waals surface area contributed by atoms with Crippen molar-refractivity contribution in [1.29, 1.82) is 0 Å². The zero-order chi connectivity index (χ0) is 25.7. The largest absolute Gasteiger partial charge is 0.490 e. The Kier molecular flexibility index (Phi) is 6.80. The van der Waals surface area contributed by atoms with Gasteiger partial charge in [0.25, 0.3) is 0 Å². The fourth-order valence-electron chi connectivity index (χ4n) is 7.83. The minimum absolute atomic E-state index is 0.116. The number of carbonyl (C=O) groups is 2. The van der Waals surface area contributed by atoms with E-state index in [1.54, 1.807) is 12.1 Å². The first-order valence-corrected chi connectivity index (χ1v) is 13.7. The SMILES string of the molecule is CC(C)C1CC2CC3CC(Oc4ccc(C(=O)OC(C5CCCCC5)C(F)(F)C(=O)O)cc4)C[C@@]32C1. The Balaban J connectivity index is 1.21. The lowest BCUT2D eigenvalue weighted by atomic mass is 9.56. The van der Waals surface area contributed by atoms with Crippen LogP contribution in [0.3, 0.4) is 0 Å². The molecule has 0 bridgehead atoms. The molecule has 1 spiro atoms. The highest BCUT2D eigenvalue weighted by atomic mass is 19.3. The second-order valence-corrected chi connectivity index (χ2v) is 12.2. The van der Waals surface area contributed by atoms with Crippen LogP contribution in [0.5, 0.6) is 5.75 Å². The van der Waals surface area contributed by atoms with E-state index in [4.69, 9.17) is 14.6 Å². The van der Waals surface area contributed by atoms with Crippen LogP contribution in [0.25, 0.3) is 0 Å². The summed E-state index contributed by atoms with van der Waals surface area (Å²) in [5.74, 6) is -4.20. The minimum Gasteiger partial charge on any atom is -0.490 e. The van der Waals surface area contributed by atoms with Gasteiger partial charge in [0, 0.05) is 5.92 Å². The molecular weight excluding hydrogens is 466 g/mol. The van der Waals surface area contributed by atoms with E-state index in [1.165, 1.54) is 31.4 Å². The summed E-state index contributed by atoms with van der Waals surface area (Å²) in [5, 5.41) is 9.08. The van der Waals surface area contributed by atoms with Crippen LogP contribution in [0.15, 0.2) is 24.3 Å². The minimum atomic E-state index is -4.13. The first-order chi connectivity index (χ1) is 17.1. The van der Waals surface area contributed by atoms with E-state index in [9.17, 15) is 18.4 Å². The second-order valence-electron chi connectivity index (χ2n) is 12.2. The highest BCUT2D eigenvalue weighted by molar-refractivity contribution is 5.90. The molecule has 198 valence electrons. The van der Waals surface area contributed by atoms with Gasteiger partial charge in [-0.3, -0.25) is 0 Å². The van der Waals surface area contributed by atoms with E-state index in [2.05, 4.69) is 13.8 Å². The molecular formula is C29H38F2O5. The molecule has 36 heavy (non-hydrogen) atoms. The second kappa shape index (κ2) is 9.60. The monoisotopic (exact) mass is 504 g/mol. The molecule has 7 heteroatoms. The van der Waals surface area contributed by atoms with Gasteiger partial charge in [-0.1, -0.05) is 33.1 Å². The lowest BCUT2D eigenvalue weighted by Gasteiger charge is -2.48. The first kappa shape index (κ1) is 25.5. The maximum absolute atomic E-state index is 14.5. The van der Waals surface area contributed by atoms with Crippen molar-refractivity contribution in [1.82, 2.24) is 0 Å². The summed E-state index contributed by atoms with van der Waals surface area (Å²) in [6.45, 7) is 4.66. The van der Waals surface area contributed by atoms with Crippen LogP contribution in [0.4, 0.5) is 8.78 Å². The van der Waals surface area contributed by atoms with E-state index >= 15 is 0 Å². The average molecular weight is 505 g/mol. The highest BCUT2D eigenvalue weighted by Gasteiger charge is 2.64. The third kappa shape index (κ3) is 4.51. The zero-order valence-corrected chi connectivity index (χ0v) is 21.3. The van der Waals surface area contributed by atoms with Gasteiger partial charge in [-0.15, -0.1) is 0 Å². The van der Waals surface area contributed by atoms with E-state index < -0.39 is 29.9 Å². The Labute approximate surface area is 211 Å². The maximum atomic E-state index is 14.5. The number of esters is 1. The lowest BCUT2D eigenvalue weighted by molar-refractivity contribution is -0.189. The van der Waals surface area contributed by atoms with E-state index in [-0.39, 0.29) is 11.7 Å². The standard InChI is InChI=1S/C29H38F2O5/c1-17(2)20-12-21-13-22-14-24(16-28(21,22)15-20)35-23-10-8-19(9-11-23)26(32)36-25(29(30,31)27(33)34)18-6-4-3-5-7-18/h8-11,17-18,20-22,24-25H,3-7,12-16H2,1-2H3,(H,33,34)/t20?,21?,22?,24?,25?,28-/m1/s1.